The number of fused-ring (bicyclic) bond motifs is 1. The maximum absolute atomic E-state index is 14.2. The van der Waals surface area contributed by atoms with Crippen molar-refractivity contribution in [3.8, 4) is 11.4 Å². The molecule has 0 spiro atoms. The molecule has 218 valence electrons. The van der Waals surface area contributed by atoms with Gasteiger partial charge < -0.3 is 14.2 Å². The van der Waals surface area contributed by atoms with Gasteiger partial charge in [-0.15, -0.1) is 0 Å². The number of rotatable bonds is 7. The number of methoxy groups -OCH3 is 1. The summed E-state index contributed by atoms with van der Waals surface area (Å²) in [5, 5.41) is 0.0385. The lowest BCUT2D eigenvalue weighted by Gasteiger charge is -2.29. The molecule has 7 nitrogen and oxygen atoms in total. The third-order valence-electron chi connectivity index (χ3n) is 7.65. The normalized spacial score (nSPS) is 15.0. The lowest BCUT2D eigenvalue weighted by molar-refractivity contribution is -0.127. The minimum absolute atomic E-state index is 0.0385. The quantitative estimate of drug-likeness (QED) is 0.286. The number of para-hydroxylation sites is 1. The van der Waals surface area contributed by atoms with E-state index < -0.39 is 11.9 Å². The van der Waals surface area contributed by atoms with E-state index in [0.717, 1.165) is 22.6 Å². The summed E-state index contributed by atoms with van der Waals surface area (Å²) in [5.74, 6) is -0.0611. The van der Waals surface area contributed by atoms with Crippen LogP contribution in [-0.2, 0) is 4.79 Å². The summed E-state index contributed by atoms with van der Waals surface area (Å²) in [4.78, 5) is 35.0. The first-order chi connectivity index (χ1) is 20.1. The number of aryl methyl sites for hydroxylation is 1. The number of carbonyl (C=O) groups excluding carboxylic acids is 1. The summed E-state index contributed by atoms with van der Waals surface area (Å²) >= 11 is 7.34. The molecule has 2 aromatic carbocycles. The summed E-state index contributed by atoms with van der Waals surface area (Å²) < 4.78 is 23.6. The van der Waals surface area contributed by atoms with E-state index in [1.807, 2.05) is 75.6 Å². The second-order valence-corrected chi connectivity index (χ2v) is 11.5. The SMILES string of the molecule is CCN(CC)C(=O)C1=C(C)N=c2s/c(=C/c3cc(C)n(-c4ccc(F)c(Cl)c4)c3C)c(=O)n2[C@H]1c1ccccc1OC. The Bertz CT molecular complexity index is 1920. The van der Waals surface area contributed by atoms with Gasteiger partial charge in [-0.25, -0.2) is 9.38 Å². The number of carbonyl (C=O) groups is 1. The zero-order chi connectivity index (χ0) is 30.3. The predicted molar refractivity (Wildman–Crippen MR) is 165 cm³/mol. The van der Waals surface area contributed by atoms with Gasteiger partial charge in [0, 0.05) is 35.7 Å². The number of benzene rings is 2. The number of allylic oxidation sites excluding steroid dienone is 1. The first-order valence-corrected chi connectivity index (χ1v) is 14.9. The Morgan fingerprint density at radius 2 is 1.86 bits per heavy atom. The van der Waals surface area contributed by atoms with Gasteiger partial charge in [-0.3, -0.25) is 14.2 Å². The molecule has 0 N–H and O–H groups in total. The van der Waals surface area contributed by atoms with Crippen molar-refractivity contribution in [1.82, 2.24) is 14.0 Å². The molecule has 1 aliphatic rings. The Balaban J connectivity index is 1.72. The molecule has 0 aliphatic carbocycles. The fraction of sp³-hybridized carbons (Fsp3) is 0.281. The first-order valence-electron chi connectivity index (χ1n) is 13.7. The van der Waals surface area contributed by atoms with Crippen molar-refractivity contribution < 1.29 is 13.9 Å². The molecule has 0 unspecified atom stereocenters. The molecule has 10 heteroatoms. The fourth-order valence-electron chi connectivity index (χ4n) is 5.56. The fourth-order valence-corrected chi connectivity index (χ4v) is 6.77. The van der Waals surface area contributed by atoms with E-state index in [1.54, 1.807) is 28.7 Å². The van der Waals surface area contributed by atoms with Gasteiger partial charge in [-0.2, -0.15) is 0 Å². The van der Waals surface area contributed by atoms with Crippen LogP contribution >= 0.6 is 22.9 Å². The van der Waals surface area contributed by atoms with Crippen molar-refractivity contribution in [2.75, 3.05) is 20.2 Å². The molecule has 4 aromatic rings. The van der Waals surface area contributed by atoms with Crippen LogP contribution in [0.4, 0.5) is 4.39 Å². The van der Waals surface area contributed by atoms with Gasteiger partial charge >= 0.3 is 0 Å². The monoisotopic (exact) mass is 606 g/mol. The summed E-state index contributed by atoms with van der Waals surface area (Å²) in [6, 6.07) is 13.3. The highest BCUT2D eigenvalue weighted by atomic mass is 35.5. The van der Waals surface area contributed by atoms with Crippen LogP contribution in [0.1, 0.15) is 49.3 Å². The highest BCUT2D eigenvalue weighted by Crippen LogP contribution is 2.36. The molecule has 5 rings (SSSR count). The second-order valence-electron chi connectivity index (χ2n) is 10.1. The maximum atomic E-state index is 14.2. The number of amides is 1. The Labute approximate surface area is 252 Å². The Morgan fingerprint density at radius 1 is 1.14 bits per heavy atom. The summed E-state index contributed by atoms with van der Waals surface area (Å²) in [6.45, 7) is 10.6. The van der Waals surface area contributed by atoms with Gasteiger partial charge in [0.25, 0.3) is 11.5 Å². The van der Waals surface area contributed by atoms with E-state index in [1.165, 1.54) is 17.4 Å². The number of nitrogens with zero attached hydrogens (tertiary/aromatic N) is 4. The van der Waals surface area contributed by atoms with Crippen molar-refractivity contribution in [2.45, 2.75) is 40.7 Å². The molecule has 1 aliphatic heterocycles. The molecular formula is C32H32ClFN4O3S. The number of aromatic nitrogens is 2. The highest BCUT2D eigenvalue weighted by Gasteiger charge is 2.35. The summed E-state index contributed by atoms with van der Waals surface area (Å²) in [7, 11) is 1.58. The zero-order valence-electron chi connectivity index (χ0n) is 24.4. The molecule has 0 bridgehead atoms. The number of hydrogen-bond donors (Lipinski definition) is 0. The Morgan fingerprint density at radius 3 is 2.52 bits per heavy atom. The van der Waals surface area contributed by atoms with E-state index in [0.29, 0.717) is 45.0 Å². The predicted octanol–water partition coefficient (Wildman–Crippen LogP) is 5.31. The van der Waals surface area contributed by atoms with Crippen LogP contribution in [-0.4, -0.2) is 40.1 Å². The average molecular weight is 607 g/mol. The molecule has 0 saturated heterocycles. The lowest BCUT2D eigenvalue weighted by atomic mass is 9.94. The van der Waals surface area contributed by atoms with E-state index in [4.69, 9.17) is 21.3 Å². The molecule has 3 heterocycles. The second kappa shape index (κ2) is 11.7. The van der Waals surface area contributed by atoms with E-state index in [-0.39, 0.29) is 16.5 Å². The van der Waals surface area contributed by atoms with Crippen LogP contribution in [0.15, 0.2) is 69.6 Å². The molecule has 1 atom stereocenters. The number of halogens is 2. The van der Waals surface area contributed by atoms with E-state index in [2.05, 4.69) is 0 Å². The number of likely N-dealkylation sites (N-methyl/N-ethyl adjacent to an activating group) is 1. The van der Waals surface area contributed by atoms with Crippen LogP contribution in [0.25, 0.3) is 11.8 Å². The van der Waals surface area contributed by atoms with Gasteiger partial charge in [0.15, 0.2) is 4.80 Å². The zero-order valence-corrected chi connectivity index (χ0v) is 25.9. The molecule has 0 radical (unpaired) electrons. The highest BCUT2D eigenvalue weighted by molar-refractivity contribution is 7.07. The van der Waals surface area contributed by atoms with Crippen LogP contribution in [0.5, 0.6) is 5.75 Å². The minimum atomic E-state index is -0.707. The summed E-state index contributed by atoms with van der Waals surface area (Å²) in [6.07, 6.45) is 1.85. The molecule has 2 aromatic heterocycles. The third kappa shape index (κ3) is 5.01. The van der Waals surface area contributed by atoms with Crippen molar-refractivity contribution in [3.63, 3.8) is 0 Å². The van der Waals surface area contributed by atoms with Crippen molar-refractivity contribution in [2.24, 2.45) is 4.99 Å². The molecule has 1 amide bonds. The largest absolute Gasteiger partial charge is 0.496 e. The van der Waals surface area contributed by atoms with Gasteiger partial charge in [0.1, 0.15) is 17.6 Å². The minimum Gasteiger partial charge on any atom is -0.496 e. The van der Waals surface area contributed by atoms with Crippen molar-refractivity contribution in [3.05, 3.63) is 113 Å². The number of ether oxygens (including phenoxy) is 1. The average Bonchev–Trinajstić information content (AvgIpc) is 3.43. The van der Waals surface area contributed by atoms with Crippen LogP contribution in [0, 0.1) is 19.7 Å². The molecule has 0 saturated carbocycles. The van der Waals surface area contributed by atoms with Crippen molar-refractivity contribution >= 4 is 34.9 Å². The number of hydrogen-bond acceptors (Lipinski definition) is 5. The van der Waals surface area contributed by atoms with Gasteiger partial charge in [-0.05, 0) is 76.6 Å². The topological polar surface area (TPSA) is 68.8 Å². The third-order valence-corrected chi connectivity index (χ3v) is 8.93. The Kier molecular flexibility index (Phi) is 8.25. The summed E-state index contributed by atoms with van der Waals surface area (Å²) in [5.41, 5.74) is 4.83. The lowest BCUT2D eigenvalue weighted by Crippen LogP contribution is -2.43. The van der Waals surface area contributed by atoms with E-state index in [9.17, 15) is 14.0 Å². The van der Waals surface area contributed by atoms with Crippen LogP contribution in [0.3, 0.4) is 0 Å². The van der Waals surface area contributed by atoms with Gasteiger partial charge in [0.05, 0.1) is 27.9 Å². The standard InChI is InChI=1S/C32H32ClFN4O3S/c1-7-36(8-2)31(40)28-19(4)35-32-38(29(28)23-11-9-10-12-26(23)41-6)30(39)27(42-32)16-21-15-18(3)37(20(21)5)22-13-14-25(34)24(33)17-22/h9-17,29H,7-8H2,1-6H3/b27-16+/t29-/m0/s1. The molecule has 42 heavy (non-hydrogen) atoms. The van der Waals surface area contributed by atoms with Gasteiger partial charge in [-0.1, -0.05) is 41.1 Å². The van der Waals surface area contributed by atoms with Crippen LogP contribution < -0.4 is 19.6 Å². The van der Waals surface area contributed by atoms with Crippen molar-refractivity contribution in [1.29, 1.82) is 0 Å². The first kappa shape index (κ1) is 29.5. The smallest absolute Gasteiger partial charge is 0.271 e. The van der Waals surface area contributed by atoms with Gasteiger partial charge in [0.2, 0.25) is 0 Å². The molecular weight excluding hydrogens is 575 g/mol. The molecule has 0 fully saturated rings. The van der Waals surface area contributed by atoms with Crippen LogP contribution in [0.2, 0.25) is 5.02 Å². The number of thiazole rings is 1. The Hall–Kier alpha value is -3.95. The maximum Gasteiger partial charge on any atom is 0.271 e. The van der Waals surface area contributed by atoms with E-state index >= 15 is 0 Å².